The summed E-state index contributed by atoms with van der Waals surface area (Å²) >= 11 is 1.44. The van der Waals surface area contributed by atoms with Crippen molar-refractivity contribution in [2.75, 3.05) is 7.11 Å². The quantitative estimate of drug-likeness (QED) is 0.472. The third-order valence-electron chi connectivity index (χ3n) is 2.64. The van der Waals surface area contributed by atoms with Gasteiger partial charge in [0, 0.05) is 17.4 Å². The highest BCUT2D eigenvalue weighted by Gasteiger charge is 2.13. The summed E-state index contributed by atoms with van der Waals surface area (Å²) in [6.45, 7) is 0. The van der Waals surface area contributed by atoms with Crippen molar-refractivity contribution < 1.29 is 9.66 Å². The van der Waals surface area contributed by atoms with Gasteiger partial charge in [0.2, 0.25) is 0 Å². The average molecular weight is 275 g/mol. The lowest BCUT2D eigenvalue weighted by atomic mass is 10.2. The molecule has 2 aromatic carbocycles. The van der Waals surface area contributed by atoms with Crippen LogP contribution in [0, 0.1) is 10.1 Å². The molecule has 2 aromatic rings. The first-order valence-corrected chi connectivity index (χ1v) is 6.69. The molecule has 19 heavy (non-hydrogen) atoms. The molecule has 0 aliphatic heterocycles. The molecule has 0 amide bonds. The molecular formula is C14H13NO3S. The number of para-hydroxylation sites is 2. The number of nitro groups is 1. The van der Waals surface area contributed by atoms with E-state index < -0.39 is 0 Å². The highest BCUT2D eigenvalue weighted by atomic mass is 32.2. The van der Waals surface area contributed by atoms with Crippen molar-refractivity contribution in [1.29, 1.82) is 0 Å². The minimum Gasteiger partial charge on any atom is -0.496 e. The van der Waals surface area contributed by atoms with Crippen LogP contribution in [0.4, 0.5) is 5.69 Å². The van der Waals surface area contributed by atoms with Gasteiger partial charge in [-0.2, -0.15) is 0 Å². The fourth-order valence-corrected chi connectivity index (χ4v) is 2.72. The van der Waals surface area contributed by atoms with Gasteiger partial charge in [-0.3, -0.25) is 10.1 Å². The Morgan fingerprint density at radius 2 is 1.84 bits per heavy atom. The van der Waals surface area contributed by atoms with E-state index in [1.807, 2.05) is 24.3 Å². The minimum absolute atomic E-state index is 0.141. The Hall–Kier alpha value is -2.01. The maximum Gasteiger partial charge on any atom is 0.282 e. The monoisotopic (exact) mass is 275 g/mol. The van der Waals surface area contributed by atoms with E-state index in [-0.39, 0.29) is 10.6 Å². The number of rotatable bonds is 5. The molecule has 0 bridgehead atoms. The van der Waals surface area contributed by atoms with Crippen molar-refractivity contribution in [3.05, 3.63) is 64.2 Å². The zero-order chi connectivity index (χ0) is 13.7. The summed E-state index contributed by atoms with van der Waals surface area (Å²) in [5.41, 5.74) is 1.16. The molecule has 0 aromatic heterocycles. The van der Waals surface area contributed by atoms with E-state index in [4.69, 9.17) is 4.74 Å². The molecule has 0 aliphatic rings. The Labute approximate surface area is 115 Å². The second-order valence-corrected chi connectivity index (χ2v) is 4.84. The molecule has 0 unspecified atom stereocenters. The lowest BCUT2D eigenvalue weighted by molar-refractivity contribution is -0.387. The SMILES string of the molecule is COc1ccccc1CSc1ccccc1[N+](=O)[O-]. The second-order valence-electron chi connectivity index (χ2n) is 3.83. The maximum absolute atomic E-state index is 10.9. The number of thioether (sulfide) groups is 1. The Bertz CT molecular complexity index is 586. The molecule has 0 spiro atoms. The van der Waals surface area contributed by atoms with Crippen LogP contribution in [0.15, 0.2) is 53.4 Å². The Morgan fingerprint density at radius 3 is 2.58 bits per heavy atom. The van der Waals surface area contributed by atoms with Crippen LogP contribution in [0.25, 0.3) is 0 Å². The van der Waals surface area contributed by atoms with E-state index in [9.17, 15) is 10.1 Å². The second kappa shape index (κ2) is 6.24. The van der Waals surface area contributed by atoms with E-state index in [2.05, 4.69) is 0 Å². The summed E-state index contributed by atoms with van der Waals surface area (Å²) in [7, 11) is 1.62. The molecule has 0 saturated carbocycles. The van der Waals surface area contributed by atoms with Gasteiger partial charge in [-0.1, -0.05) is 30.3 Å². The predicted octanol–water partition coefficient (Wildman–Crippen LogP) is 3.90. The van der Waals surface area contributed by atoms with Gasteiger partial charge >= 0.3 is 0 Å². The van der Waals surface area contributed by atoms with Crippen molar-refractivity contribution in [3.8, 4) is 5.75 Å². The zero-order valence-corrected chi connectivity index (χ0v) is 11.2. The van der Waals surface area contributed by atoms with Crippen molar-refractivity contribution >= 4 is 17.4 Å². The van der Waals surface area contributed by atoms with Crippen LogP contribution in [0.3, 0.4) is 0 Å². The molecular weight excluding hydrogens is 262 g/mol. The van der Waals surface area contributed by atoms with Gasteiger partial charge < -0.3 is 4.74 Å². The third kappa shape index (κ3) is 3.26. The number of nitrogens with zero attached hydrogens (tertiary/aromatic N) is 1. The van der Waals surface area contributed by atoms with Gasteiger partial charge in [0.25, 0.3) is 5.69 Å². The van der Waals surface area contributed by atoms with Gasteiger partial charge in [-0.15, -0.1) is 11.8 Å². The highest BCUT2D eigenvalue weighted by Crippen LogP contribution is 2.33. The van der Waals surface area contributed by atoms with Crippen molar-refractivity contribution in [1.82, 2.24) is 0 Å². The molecule has 5 heteroatoms. The van der Waals surface area contributed by atoms with Gasteiger partial charge in [-0.25, -0.2) is 0 Å². The topological polar surface area (TPSA) is 52.4 Å². The molecule has 0 aliphatic carbocycles. The van der Waals surface area contributed by atoms with E-state index in [0.29, 0.717) is 10.6 Å². The van der Waals surface area contributed by atoms with Crippen molar-refractivity contribution in [3.63, 3.8) is 0 Å². The number of benzene rings is 2. The molecule has 98 valence electrons. The fourth-order valence-electron chi connectivity index (χ4n) is 1.71. The Morgan fingerprint density at radius 1 is 1.16 bits per heavy atom. The van der Waals surface area contributed by atoms with Gasteiger partial charge in [0.1, 0.15) is 5.75 Å². The normalized spacial score (nSPS) is 10.2. The summed E-state index contributed by atoms with van der Waals surface area (Å²) in [6.07, 6.45) is 0. The summed E-state index contributed by atoms with van der Waals surface area (Å²) in [4.78, 5) is 11.2. The lowest BCUT2D eigenvalue weighted by Crippen LogP contribution is -1.92. The van der Waals surface area contributed by atoms with Crippen molar-refractivity contribution in [2.45, 2.75) is 10.6 Å². The molecule has 0 N–H and O–H groups in total. The van der Waals surface area contributed by atoms with E-state index in [1.165, 1.54) is 17.8 Å². The van der Waals surface area contributed by atoms with Crippen LogP contribution in [-0.2, 0) is 5.75 Å². The van der Waals surface area contributed by atoms with Crippen LogP contribution in [0.1, 0.15) is 5.56 Å². The first-order valence-electron chi connectivity index (χ1n) is 5.70. The fraction of sp³-hybridized carbons (Fsp3) is 0.143. The van der Waals surface area contributed by atoms with Crippen LogP contribution >= 0.6 is 11.8 Å². The maximum atomic E-state index is 10.9. The highest BCUT2D eigenvalue weighted by molar-refractivity contribution is 7.98. The van der Waals surface area contributed by atoms with Crippen LogP contribution in [0.2, 0.25) is 0 Å². The number of hydrogen-bond donors (Lipinski definition) is 0. The number of hydrogen-bond acceptors (Lipinski definition) is 4. The van der Waals surface area contributed by atoms with Crippen LogP contribution < -0.4 is 4.74 Å². The predicted molar refractivity (Wildman–Crippen MR) is 75.7 cm³/mol. The van der Waals surface area contributed by atoms with Crippen LogP contribution in [-0.4, -0.2) is 12.0 Å². The average Bonchev–Trinajstić information content (AvgIpc) is 2.45. The van der Waals surface area contributed by atoms with Crippen molar-refractivity contribution in [2.24, 2.45) is 0 Å². The van der Waals surface area contributed by atoms with Gasteiger partial charge in [-0.05, 0) is 12.1 Å². The standard InChI is InChI=1S/C14H13NO3S/c1-18-13-8-4-2-6-11(13)10-19-14-9-5-3-7-12(14)15(16)17/h2-9H,10H2,1H3. The zero-order valence-electron chi connectivity index (χ0n) is 10.4. The van der Waals surface area contributed by atoms with E-state index in [0.717, 1.165) is 11.3 Å². The Kier molecular flexibility index (Phi) is 4.41. The number of methoxy groups -OCH3 is 1. The summed E-state index contributed by atoms with van der Waals surface area (Å²) in [5, 5.41) is 10.9. The van der Waals surface area contributed by atoms with E-state index >= 15 is 0 Å². The Balaban J connectivity index is 2.17. The lowest BCUT2D eigenvalue weighted by Gasteiger charge is -2.07. The molecule has 4 nitrogen and oxygen atoms in total. The molecule has 0 fully saturated rings. The molecule has 2 rings (SSSR count). The summed E-state index contributed by atoms with van der Waals surface area (Å²) < 4.78 is 5.26. The number of ether oxygens (including phenoxy) is 1. The molecule has 0 heterocycles. The smallest absolute Gasteiger partial charge is 0.282 e. The first-order chi connectivity index (χ1) is 9.22. The minimum atomic E-state index is -0.357. The first kappa shape index (κ1) is 13.4. The third-order valence-corrected chi connectivity index (χ3v) is 3.75. The largest absolute Gasteiger partial charge is 0.496 e. The molecule has 0 saturated heterocycles. The summed E-state index contributed by atoms with van der Waals surface area (Å²) in [6, 6.07) is 14.4. The van der Waals surface area contributed by atoms with Gasteiger partial charge in [0.15, 0.2) is 0 Å². The van der Waals surface area contributed by atoms with Crippen LogP contribution in [0.5, 0.6) is 5.75 Å². The number of nitro benzene ring substituents is 1. The molecule has 0 radical (unpaired) electrons. The summed E-state index contributed by atoms with van der Waals surface area (Å²) in [5.74, 6) is 1.43. The van der Waals surface area contributed by atoms with Gasteiger partial charge in [0.05, 0.1) is 16.9 Å². The molecule has 0 atom stereocenters. The van der Waals surface area contributed by atoms with E-state index in [1.54, 1.807) is 25.3 Å².